The third-order valence-electron chi connectivity index (χ3n) is 2.56. The number of halogens is 1. The van der Waals surface area contributed by atoms with E-state index >= 15 is 0 Å². The molecule has 0 saturated carbocycles. The van der Waals surface area contributed by atoms with Gasteiger partial charge in [-0.05, 0) is 6.92 Å². The third-order valence-corrected chi connectivity index (χ3v) is 3.84. The number of thiazole rings is 1. The second-order valence-electron chi connectivity index (χ2n) is 3.92. The fraction of sp³-hybridized carbons (Fsp3) is 0.250. The van der Waals surface area contributed by atoms with Crippen LogP contribution in [0.3, 0.4) is 0 Å². The van der Waals surface area contributed by atoms with Crippen LogP contribution in [0, 0.1) is 6.92 Å². The summed E-state index contributed by atoms with van der Waals surface area (Å²) in [5.74, 6) is 1.41. The van der Waals surface area contributed by atoms with Crippen molar-refractivity contribution in [1.29, 1.82) is 0 Å². The number of nitrogens with one attached hydrogen (secondary N) is 1. The van der Waals surface area contributed by atoms with Crippen molar-refractivity contribution in [3.63, 3.8) is 0 Å². The molecule has 0 fully saturated rings. The van der Waals surface area contributed by atoms with Crippen LogP contribution >= 0.6 is 22.9 Å². The predicted molar refractivity (Wildman–Crippen MR) is 71.8 cm³/mol. The number of aryl methyl sites for hydroxylation is 1. The van der Waals surface area contributed by atoms with Crippen molar-refractivity contribution in [1.82, 2.24) is 4.98 Å². The van der Waals surface area contributed by atoms with Crippen LogP contribution in [0.15, 0.2) is 17.5 Å². The zero-order valence-corrected chi connectivity index (χ0v) is 11.3. The molecule has 1 aliphatic heterocycles. The van der Waals surface area contributed by atoms with E-state index in [0.717, 1.165) is 22.1 Å². The van der Waals surface area contributed by atoms with E-state index in [9.17, 15) is 0 Å². The summed E-state index contributed by atoms with van der Waals surface area (Å²) >= 11 is 7.79. The maximum atomic E-state index is 6.16. The average Bonchev–Trinajstić information content (AvgIpc) is 2.94. The van der Waals surface area contributed by atoms with E-state index in [2.05, 4.69) is 10.3 Å². The lowest BCUT2D eigenvalue weighted by molar-refractivity contribution is 0.174. The molecule has 0 aliphatic carbocycles. The maximum Gasteiger partial charge on any atom is 0.231 e. The summed E-state index contributed by atoms with van der Waals surface area (Å²) in [6.45, 7) is 2.88. The van der Waals surface area contributed by atoms with E-state index in [4.69, 9.17) is 21.1 Å². The number of fused-ring (bicyclic) bond motifs is 1. The van der Waals surface area contributed by atoms with Crippen molar-refractivity contribution in [2.24, 2.45) is 0 Å². The first-order valence-corrected chi connectivity index (χ1v) is 6.72. The van der Waals surface area contributed by atoms with Gasteiger partial charge in [0.2, 0.25) is 6.79 Å². The Kier molecular flexibility index (Phi) is 3.01. The average molecular weight is 283 g/mol. The molecule has 1 N–H and O–H groups in total. The molecule has 1 aromatic heterocycles. The predicted octanol–water partition coefficient (Wildman–Crippen LogP) is 3.45. The molecule has 0 unspecified atom stereocenters. The Morgan fingerprint density at radius 2 is 2.17 bits per heavy atom. The minimum Gasteiger partial charge on any atom is -0.454 e. The largest absolute Gasteiger partial charge is 0.454 e. The van der Waals surface area contributed by atoms with Crippen LogP contribution in [0.4, 0.5) is 5.69 Å². The molecule has 6 heteroatoms. The van der Waals surface area contributed by atoms with Gasteiger partial charge in [-0.25, -0.2) is 4.98 Å². The number of benzene rings is 1. The number of aromatic nitrogens is 1. The molecule has 0 radical (unpaired) electrons. The third kappa shape index (κ3) is 2.23. The van der Waals surface area contributed by atoms with Crippen LogP contribution < -0.4 is 14.8 Å². The van der Waals surface area contributed by atoms with E-state index < -0.39 is 0 Å². The van der Waals surface area contributed by atoms with E-state index in [1.54, 1.807) is 17.4 Å². The molecule has 1 aromatic carbocycles. The fourth-order valence-corrected chi connectivity index (χ4v) is 2.64. The quantitative estimate of drug-likeness (QED) is 0.936. The van der Waals surface area contributed by atoms with E-state index in [0.29, 0.717) is 17.3 Å². The fourth-order valence-electron chi connectivity index (χ4n) is 1.71. The first kappa shape index (κ1) is 11.6. The highest BCUT2D eigenvalue weighted by atomic mass is 35.5. The lowest BCUT2D eigenvalue weighted by Crippen LogP contribution is -1.99. The van der Waals surface area contributed by atoms with Gasteiger partial charge in [0, 0.05) is 23.2 Å². The van der Waals surface area contributed by atoms with Crippen molar-refractivity contribution < 1.29 is 9.47 Å². The lowest BCUT2D eigenvalue weighted by atomic mass is 10.2. The summed E-state index contributed by atoms with van der Waals surface area (Å²) in [5, 5.41) is 6.93. The number of nitrogens with zero attached hydrogens (tertiary/aromatic N) is 1. The zero-order valence-electron chi connectivity index (χ0n) is 9.70. The van der Waals surface area contributed by atoms with Crippen LogP contribution in [0.25, 0.3) is 0 Å². The molecular formula is C12H11ClN2O2S. The van der Waals surface area contributed by atoms with Gasteiger partial charge in [-0.2, -0.15) is 0 Å². The number of hydrogen-bond donors (Lipinski definition) is 1. The van der Waals surface area contributed by atoms with Gasteiger partial charge in [-0.15, -0.1) is 11.3 Å². The van der Waals surface area contributed by atoms with Gasteiger partial charge < -0.3 is 14.8 Å². The maximum absolute atomic E-state index is 6.16. The van der Waals surface area contributed by atoms with E-state index in [1.165, 1.54) is 0 Å². The van der Waals surface area contributed by atoms with Crippen molar-refractivity contribution >= 4 is 28.6 Å². The summed E-state index contributed by atoms with van der Waals surface area (Å²) < 4.78 is 10.6. The summed E-state index contributed by atoms with van der Waals surface area (Å²) in [6.07, 6.45) is 0. The van der Waals surface area contributed by atoms with E-state index in [1.807, 2.05) is 18.4 Å². The topological polar surface area (TPSA) is 43.4 Å². The summed E-state index contributed by atoms with van der Waals surface area (Å²) in [7, 11) is 0. The minimum absolute atomic E-state index is 0.251. The molecule has 0 saturated heterocycles. The number of rotatable bonds is 3. The minimum atomic E-state index is 0.251. The number of ether oxygens (including phenoxy) is 2. The van der Waals surface area contributed by atoms with Crippen molar-refractivity contribution in [2.45, 2.75) is 13.5 Å². The molecular weight excluding hydrogens is 272 g/mol. The van der Waals surface area contributed by atoms with Gasteiger partial charge in [-0.3, -0.25) is 0 Å². The molecule has 0 spiro atoms. The molecule has 2 aromatic rings. The van der Waals surface area contributed by atoms with Crippen LogP contribution in [-0.4, -0.2) is 11.8 Å². The number of anilines is 1. The lowest BCUT2D eigenvalue weighted by Gasteiger charge is -2.07. The van der Waals surface area contributed by atoms with E-state index in [-0.39, 0.29) is 6.79 Å². The summed E-state index contributed by atoms with van der Waals surface area (Å²) in [6, 6.07) is 3.62. The Morgan fingerprint density at radius 3 is 2.89 bits per heavy atom. The highest BCUT2D eigenvalue weighted by molar-refractivity contribution is 7.09. The van der Waals surface area contributed by atoms with Gasteiger partial charge in [0.05, 0.1) is 17.3 Å². The molecule has 0 atom stereocenters. The summed E-state index contributed by atoms with van der Waals surface area (Å²) in [5.41, 5.74) is 1.86. The Morgan fingerprint density at radius 1 is 1.39 bits per heavy atom. The van der Waals surface area contributed by atoms with Crippen LogP contribution in [0.1, 0.15) is 10.7 Å². The second kappa shape index (κ2) is 4.66. The zero-order chi connectivity index (χ0) is 12.5. The molecule has 4 nitrogen and oxygen atoms in total. The molecule has 94 valence electrons. The van der Waals surface area contributed by atoms with Gasteiger partial charge in [-0.1, -0.05) is 11.6 Å². The summed E-state index contributed by atoms with van der Waals surface area (Å²) in [4.78, 5) is 4.38. The van der Waals surface area contributed by atoms with Crippen LogP contribution in [-0.2, 0) is 6.54 Å². The molecule has 3 rings (SSSR count). The smallest absolute Gasteiger partial charge is 0.231 e. The van der Waals surface area contributed by atoms with Gasteiger partial charge >= 0.3 is 0 Å². The van der Waals surface area contributed by atoms with Gasteiger partial charge in [0.25, 0.3) is 0 Å². The first-order valence-electron chi connectivity index (χ1n) is 5.46. The monoisotopic (exact) mass is 282 g/mol. The highest BCUT2D eigenvalue weighted by Crippen LogP contribution is 2.39. The van der Waals surface area contributed by atoms with Gasteiger partial charge in [0.15, 0.2) is 11.5 Å². The van der Waals surface area contributed by atoms with Crippen LogP contribution in [0.2, 0.25) is 5.02 Å². The van der Waals surface area contributed by atoms with Crippen molar-refractivity contribution in [2.75, 3.05) is 12.1 Å². The standard InChI is InChI=1S/C12H11ClN2O2S/c1-7-5-18-12(15-7)4-14-9-3-11-10(2-8(9)13)16-6-17-11/h2-3,5,14H,4,6H2,1H3. The molecule has 18 heavy (non-hydrogen) atoms. The first-order chi connectivity index (χ1) is 8.72. The van der Waals surface area contributed by atoms with Crippen molar-refractivity contribution in [3.05, 3.63) is 33.2 Å². The normalized spacial score (nSPS) is 12.8. The molecule has 0 bridgehead atoms. The molecule has 2 heterocycles. The Bertz CT molecular complexity index is 585. The van der Waals surface area contributed by atoms with Gasteiger partial charge in [0.1, 0.15) is 5.01 Å². The molecule has 0 amide bonds. The second-order valence-corrected chi connectivity index (χ2v) is 5.27. The highest BCUT2D eigenvalue weighted by Gasteiger charge is 2.16. The van der Waals surface area contributed by atoms with Crippen molar-refractivity contribution in [3.8, 4) is 11.5 Å². The SMILES string of the molecule is Cc1csc(CNc2cc3c(cc2Cl)OCO3)n1. The number of hydrogen-bond acceptors (Lipinski definition) is 5. The Hall–Kier alpha value is -1.46. The van der Waals surface area contributed by atoms with Crippen LogP contribution in [0.5, 0.6) is 11.5 Å². The Labute approximate surface area is 114 Å². The molecule has 1 aliphatic rings. The Balaban J connectivity index is 1.76.